The lowest BCUT2D eigenvalue weighted by atomic mass is 9.91. The standard InChI is InChI=1S/C18H28N2O/c1-17(2)16(14-9-5-6-10-15(14)21-17)19-13-18(20(3)4)11-7-8-12-18/h5-6,9-10,16,19H,7-8,11-13H2,1-4H3. The number of rotatable bonds is 4. The molecule has 3 rings (SSSR count). The van der Waals surface area contributed by atoms with E-state index >= 15 is 0 Å². The van der Waals surface area contributed by atoms with Gasteiger partial charge < -0.3 is 15.0 Å². The number of fused-ring (bicyclic) bond motifs is 1. The quantitative estimate of drug-likeness (QED) is 0.919. The number of hydrogen-bond donors (Lipinski definition) is 1. The minimum Gasteiger partial charge on any atom is -0.486 e. The molecule has 0 amide bonds. The SMILES string of the molecule is CN(C)C1(CNC2c3ccccc3OC2(C)C)CCCC1. The summed E-state index contributed by atoms with van der Waals surface area (Å²) in [5, 5.41) is 3.83. The van der Waals surface area contributed by atoms with Crippen molar-refractivity contribution in [2.45, 2.75) is 56.7 Å². The maximum absolute atomic E-state index is 6.14. The Kier molecular flexibility index (Phi) is 3.74. The molecule has 1 aliphatic carbocycles. The predicted octanol–water partition coefficient (Wildman–Crippen LogP) is 3.36. The Hall–Kier alpha value is -1.06. The fourth-order valence-corrected chi connectivity index (χ4v) is 3.99. The fourth-order valence-electron chi connectivity index (χ4n) is 3.99. The van der Waals surface area contributed by atoms with Crippen molar-refractivity contribution in [1.82, 2.24) is 10.2 Å². The third kappa shape index (κ3) is 2.58. The second kappa shape index (κ2) is 5.29. The van der Waals surface area contributed by atoms with Gasteiger partial charge in [0.15, 0.2) is 0 Å². The zero-order valence-electron chi connectivity index (χ0n) is 13.8. The topological polar surface area (TPSA) is 24.5 Å². The molecule has 1 fully saturated rings. The van der Waals surface area contributed by atoms with Crippen LogP contribution in [0.3, 0.4) is 0 Å². The second-order valence-corrected chi connectivity index (χ2v) is 7.38. The van der Waals surface area contributed by atoms with Crippen molar-refractivity contribution in [3.05, 3.63) is 29.8 Å². The van der Waals surface area contributed by atoms with E-state index in [1.54, 1.807) is 0 Å². The molecule has 21 heavy (non-hydrogen) atoms. The lowest BCUT2D eigenvalue weighted by molar-refractivity contribution is 0.0808. The Bertz CT molecular complexity index is 504. The smallest absolute Gasteiger partial charge is 0.125 e. The van der Waals surface area contributed by atoms with Gasteiger partial charge in [0.2, 0.25) is 0 Å². The van der Waals surface area contributed by atoms with Crippen molar-refractivity contribution in [2.24, 2.45) is 0 Å². The summed E-state index contributed by atoms with van der Waals surface area (Å²) in [6, 6.07) is 8.70. The lowest BCUT2D eigenvalue weighted by Gasteiger charge is -2.39. The van der Waals surface area contributed by atoms with Crippen LogP contribution in [0.2, 0.25) is 0 Å². The molecule has 3 nitrogen and oxygen atoms in total. The van der Waals surface area contributed by atoms with Gasteiger partial charge in [0.1, 0.15) is 11.4 Å². The molecular formula is C18H28N2O. The number of ether oxygens (including phenoxy) is 1. The van der Waals surface area contributed by atoms with E-state index in [1.807, 2.05) is 0 Å². The van der Waals surface area contributed by atoms with E-state index in [0.717, 1.165) is 12.3 Å². The van der Waals surface area contributed by atoms with Crippen LogP contribution in [-0.2, 0) is 0 Å². The van der Waals surface area contributed by atoms with Gasteiger partial charge in [-0.2, -0.15) is 0 Å². The van der Waals surface area contributed by atoms with Crippen LogP contribution in [0.4, 0.5) is 0 Å². The summed E-state index contributed by atoms with van der Waals surface area (Å²) in [4.78, 5) is 2.42. The minimum absolute atomic E-state index is 0.185. The van der Waals surface area contributed by atoms with Crippen LogP contribution in [0.15, 0.2) is 24.3 Å². The highest BCUT2D eigenvalue weighted by atomic mass is 16.5. The molecule has 0 aromatic heterocycles. The Morgan fingerprint density at radius 3 is 2.52 bits per heavy atom. The number of likely N-dealkylation sites (N-methyl/N-ethyl adjacent to an activating group) is 1. The third-order valence-electron chi connectivity index (χ3n) is 5.42. The number of hydrogen-bond acceptors (Lipinski definition) is 3. The summed E-state index contributed by atoms with van der Waals surface area (Å²) in [7, 11) is 4.44. The van der Waals surface area contributed by atoms with Crippen LogP contribution in [0.1, 0.15) is 51.1 Å². The average molecular weight is 288 g/mol. The van der Waals surface area contributed by atoms with E-state index in [9.17, 15) is 0 Å². The Labute approximate surface area is 128 Å². The number of para-hydroxylation sites is 1. The highest BCUT2D eigenvalue weighted by molar-refractivity contribution is 5.42. The molecule has 1 atom stereocenters. The van der Waals surface area contributed by atoms with Crippen molar-refractivity contribution in [3.63, 3.8) is 0 Å². The largest absolute Gasteiger partial charge is 0.486 e. The lowest BCUT2D eigenvalue weighted by Crippen LogP contribution is -2.52. The summed E-state index contributed by atoms with van der Waals surface area (Å²) < 4.78 is 6.14. The Balaban J connectivity index is 1.78. The Morgan fingerprint density at radius 1 is 1.19 bits per heavy atom. The molecule has 1 aromatic rings. The van der Waals surface area contributed by atoms with Crippen molar-refractivity contribution < 1.29 is 4.74 Å². The van der Waals surface area contributed by atoms with Crippen LogP contribution < -0.4 is 10.1 Å². The number of nitrogens with one attached hydrogen (secondary N) is 1. The molecule has 0 saturated heterocycles. The van der Waals surface area contributed by atoms with Crippen LogP contribution >= 0.6 is 0 Å². The van der Waals surface area contributed by atoms with Gasteiger partial charge in [-0.3, -0.25) is 0 Å². The molecule has 1 heterocycles. The fraction of sp³-hybridized carbons (Fsp3) is 0.667. The zero-order chi connectivity index (χ0) is 15.1. The minimum atomic E-state index is -0.185. The van der Waals surface area contributed by atoms with Crippen LogP contribution in [0.5, 0.6) is 5.75 Å². The monoisotopic (exact) mass is 288 g/mol. The highest BCUT2D eigenvalue weighted by Gasteiger charge is 2.43. The van der Waals surface area contributed by atoms with Gasteiger partial charge in [-0.1, -0.05) is 31.0 Å². The molecule has 3 heteroatoms. The van der Waals surface area contributed by atoms with E-state index in [-0.39, 0.29) is 11.6 Å². The van der Waals surface area contributed by atoms with Gasteiger partial charge in [0.25, 0.3) is 0 Å². The summed E-state index contributed by atoms with van der Waals surface area (Å²) in [6.07, 6.45) is 5.29. The number of nitrogens with zero attached hydrogens (tertiary/aromatic N) is 1. The van der Waals surface area contributed by atoms with Gasteiger partial charge in [-0.05, 0) is 46.9 Å². The highest BCUT2D eigenvalue weighted by Crippen LogP contribution is 2.43. The first-order chi connectivity index (χ1) is 9.95. The van der Waals surface area contributed by atoms with Crippen molar-refractivity contribution >= 4 is 0 Å². The maximum atomic E-state index is 6.14. The first-order valence-corrected chi connectivity index (χ1v) is 8.13. The molecule has 1 aromatic carbocycles. The molecule has 0 spiro atoms. The molecule has 1 saturated carbocycles. The summed E-state index contributed by atoms with van der Waals surface area (Å²) >= 11 is 0. The van der Waals surface area contributed by atoms with Crippen molar-refractivity contribution in [3.8, 4) is 5.75 Å². The van der Waals surface area contributed by atoms with E-state index in [4.69, 9.17) is 4.74 Å². The molecule has 2 aliphatic rings. The average Bonchev–Trinajstić information content (AvgIpc) is 2.98. The van der Waals surface area contributed by atoms with E-state index < -0.39 is 0 Å². The predicted molar refractivity (Wildman–Crippen MR) is 86.8 cm³/mol. The molecular weight excluding hydrogens is 260 g/mol. The van der Waals surface area contributed by atoms with E-state index in [1.165, 1.54) is 31.2 Å². The zero-order valence-corrected chi connectivity index (χ0v) is 13.8. The first kappa shape index (κ1) is 14.9. The Morgan fingerprint density at radius 2 is 1.86 bits per heavy atom. The number of benzene rings is 1. The first-order valence-electron chi connectivity index (χ1n) is 8.13. The third-order valence-corrected chi connectivity index (χ3v) is 5.42. The molecule has 1 N–H and O–H groups in total. The van der Waals surface area contributed by atoms with Gasteiger partial charge in [-0.25, -0.2) is 0 Å². The van der Waals surface area contributed by atoms with Crippen molar-refractivity contribution in [2.75, 3.05) is 20.6 Å². The molecule has 0 radical (unpaired) electrons. The van der Waals surface area contributed by atoms with Gasteiger partial charge in [0, 0.05) is 17.6 Å². The van der Waals surface area contributed by atoms with Crippen molar-refractivity contribution in [1.29, 1.82) is 0 Å². The molecule has 0 bridgehead atoms. The van der Waals surface area contributed by atoms with E-state index in [2.05, 4.69) is 62.4 Å². The molecule has 116 valence electrons. The summed E-state index contributed by atoms with van der Waals surface area (Å²) in [5.41, 5.74) is 1.43. The molecule has 1 unspecified atom stereocenters. The van der Waals surface area contributed by atoms with Gasteiger partial charge >= 0.3 is 0 Å². The van der Waals surface area contributed by atoms with E-state index in [0.29, 0.717) is 5.54 Å². The maximum Gasteiger partial charge on any atom is 0.125 e. The van der Waals surface area contributed by atoms with Gasteiger partial charge in [-0.15, -0.1) is 0 Å². The van der Waals surface area contributed by atoms with Crippen LogP contribution in [0, 0.1) is 0 Å². The van der Waals surface area contributed by atoms with Crippen LogP contribution in [0.25, 0.3) is 0 Å². The second-order valence-electron chi connectivity index (χ2n) is 7.38. The molecule has 1 aliphatic heterocycles. The van der Waals surface area contributed by atoms with Gasteiger partial charge in [0.05, 0.1) is 6.04 Å². The normalized spacial score (nSPS) is 25.9. The summed E-state index contributed by atoms with van der Waals surface area (Å²) in [6.45, 7) is 5.40. The summed E-state index contributed by atoms with van der Waals surface area (Å²) in [5.74, 6) is 1.03. The van der Waals surface area contributed by atoms with Crippen LogP contribution in [-0.4, -0.2) is 36.7 Å².